The molecule has 0 aliphatic rings. The van der Waals surface area contributed by atoms with E-state index in [9.17, 15) is 14.9 Å². The van der Waals surface area contributed by atoms with Crippen LogP contribution in [0, 0.1) is 10.1 Å². The molecule has 0 atom stereocenters. The van der Waals surface area contributed by atoms with E-state index in [4.69, 9.17) is 27.5 Å². The molecule has 11 nitrogen and oxygen atoms in total. The molecule has 0 spiro atoms. The summed E-state index contributed by atoms with van der Waals surface area (Å²) in [4.78, 5) is 23.1. The van der Waals surface area contributed by atoms with Gasteiger partial charge in [-0.2, -0.15) is 0 Å². The number of alkyl carbamates (subject to hydrolysis) is 1. The molecule has 0 aliphatic carbocycles. The Morgan fingerprint density at radius 3 is 2.21 bits per heavy atom. The third-order valence-electron chi connectivity index (χ3n) is 4.70. The smallest absolute Gasteiger partial charge is 0.493 e. The monoisotopic (exact) mass is 502 g/mol. The lowest BCUT2D eigenvalue weighted by Crippen LogP contribution is -2.46. The van der Waals surface area contributed by atoms with E-state index in [-0.39, 0.29) is 23.6 Å². The number of benzene rings is 1. The Morgan fingerprint density at radius 2 is 1.68 bits per heavy atom. The van der Waals surface area contributed by atoms with Crippen LogP contribution in [0.3, 0.4) is 0 Å². The number of hydrogen-bond acceptors (Lipinski definition) is 9. The third kappa shape index (κ3) is 9.83. The first-order chi connectivity index (χ1) is 16.4. The highest BCUT2D eigenvalue weighted by atomic mass is 28.4. The highest BCUT2D eigenvalue weighted by molar-refractivity contribution is 6.60. The maximum absolute atomic E-state index is 12.2. The van der Waals surface area contributed by atoms with E-state index >= 15 is 0 Å². The number of nitrogens with zero attached hydrogens (tertiary/aromatic N) is 1. The van der Waals surface area contributed by atoms with Crippen LogP contribution in [-0.4, -0.2) is 59.9 Å². The van der Waals surface area contributed by atoms with Crippen molar-refractivity contribution in [1.82, 2.24) is 5.32 Å². The van der Waals surface area contributed by atoms with Gasteiger partial charge in [-0.1, -0.05) is 13.3 Å². The fraction of sp³-hybridized carbons (Fsp3) is 0.682. The summed E-state index contributed by atoms with van der Waals surface area (Å²) in [7, 11) is -1.33. The number of nitro groups is 1. The van der Waals surface area contributed by atoms with E-state index in [2.05, 4.69) is 5.32 Å². The maximum Gasteiger partial charge on any atom is 0.500 e. The molecule has 1 N–H and O–H groups in total. The maximum atomic E-state index is 12.2. The van der Waals surface area contributed by atoms with Crippen molar-refractivity contribution >= 4 is 20.6 Å². The van der Waals surface area contributed by atoms with Crippen LogP contribution in [0.15, 0.2) is 12.1 Å². The number of nitrogens with one attached hydrogen (secondary N) is 1. The van der Waals surface area contributed by atoms with E-state index in [0.717, 1.165) is 12.8 Å². The summed E-state index contributed by atoms with van der Waals surface area (Å²) < 4.78 is 33.5. The fourth-order valence-electron chi connectivity index (χ4n) is 3.17. The minimum absolute atomic E-state index is 0.204. The first kappa shape index (κ1) is 29.6. The molecule has 0 bridgehead atoms. The molecule has 0 unspecified atom stereocenters. The van der Waals surface area contributed by atoms with Crippen molar-refractivity contribution in [2.75, 3.05) is 40.1 Å². The second-order valence-electron chi connectivity index (χ2n) is 7.18. The van der Waals surface area contributed by atoms with Crippen molar-refractivity contribution in [1.29, 1.82) is 0 Å². The first-order valence-corrected chi connectivity index (χ1v) is 13.6. The van der Waals surface area contributed by atoms with Crippen molar-refractivity contribution in [2.24, 2.45) is 0 Å². The summed E-state index contributed by atoms with van der Waals surface area (Å²) in [5.41, 5.74) is -0.00340. The van der Waals surface area contributed by atoms with Gasteiger partial charge in [-0.25, -0.2) is 4.79 Å². The van der Waals surface area contributed by atoms with Crippen molar-refractivity contribution < 1.29 is 37.2 Å². The summed E-state index contributed by atoms with van der Waals surface area (Å²) in [6.07, 6.45) is 1.62. The minimum atomic E-state index is -2.78. The van der Waals surface area contributed by atoms with Crippen LogP contribution in [-0.2, 0) is 24.6 Å². The predicted molar refractivity (Wildman–Crippen MR) is 128 cm³/mol. The van der Waals surface area contributed by atoms with E-state index in [0.29, 0.717) is 51.2 Å². The van der Waals surface area contributed by atoms with Gasteiger partial charge < -0.3 is 32.8 Å². The van der Waals surface area contributed by atoms with Gasteiger partial charge in [-0.3, -0.25) is 10.1 Å². The molecule has 1 aromatic carbocycles. The molecule has 34 heavy (non-hydrogen) atoms. The SMILES string of the molecule is CCCCOc1cc([N+](=O)[O-])c(COC(=O)NCCC[Si](OCC)(OCC)OCC)cc1OC. The number of unbranched alkanes of at least 4 members (excludes halogenated alkanes) is 1. The van der Waals surface area contributed by atoms with Gasteiger partial charge in [0.05, 0.1) is 30.3 Å². The van der Waals surface area contributed by atoms with Crippen molar-refractivity contribution in [3.8, 4) is 11.5 Å². The molecule has 1 rings (SSSR count). The van der Waals surface area contributed by atoms with Crippen LogP contribution in [0.5, 0.6) is 11.5 Å². The second kappa shape index (κ2) is 16.3. The van der Waals surface area contributed by atoms with Crippen molar-refractivity contribution in [3.63, 3.8) is 0 Å². The molecular weight excluding hydrogens is 464 g/mol. The Labute approximate surface area is 202 Å². The molecule has 0 saturated carbocycles. The molecule has 0 heterocycles. The summed E-state index contributed by atoms with van der Waals surface area (Å²) in [5, 5.41) is 14.2. The Kier molecular flexibility index (Phi) is 14.2. The Bertz CT molecular complexity index is 747. The average Bonchev–Trinajstić information content (AvgIpc) is 2.81. The molecule has 0 saturated heterocycles. The van der Waals surface area contributed by atoms with Gasteiger partial charge in [0.25, 0.3) is 5.69 Å². The van der Waals surface area contributed by atoms with Gasteiger partial charge in [-0.05, 0) is 39.7 Å². The molecule has 0 fully saturated rings. The minimum Gasteiger partial charge on any atom is -0.493 e. The highest BCUT2D eigenvalue weighted by Gasteiger charge is 2.39. The standard InChI is InChI=1S/C22H38N2O9Si/c1-6-10-13-29-21-16-19(24(26)27)18(15-20(21)28-5)17-30-22(25)23-12-11-14-34(31-7-2,32-8-3)33-9-4/h15-16H,6-14,17H2,1-5H3,(H,23,25). The normalized spacial score (nSPS) is 11.2. The van der Waals surface area contributed by atoms with Crippen LogP contribution >= 0.6 is 0 Å². The number of carbonyl (C=O) groups excluding carboxylic acids is 1. The Balaban J connectivity index is 2.69. The number of carbonyl (C=O) groups is 1. The van der Waals surface area contributed by atoms with Crippen molar-refractivity contribution in [2.45, 2.75) is 59.6 Å². The summed E-state index contributed by atoms with van der Waals surface area (Å²) >= 11 is 0. The number of ether oxygens (including phenoxy) is 3. The molecule has 12 heteroatoms. The third-order valence-corrected chi connectivity index (χ3v) is 7.85. The summed E-state index contributed by atoms with van der Waals surface area (Å²) in [6.45, 7) is 9.55. The lowest BCUT2D eigenvalue weighted by atomic mass is 10.1. The molecule has 0 aromatic heterocycles. The Morgan fingerprint density at radius 1 is 1.03 bits per heavy atom. The lowest BCUT2D eigenvalue weighted by Gasteiger charge is -2.28. The second-order valence-corrected chi connectivity index (χ2v) is 9.91. The quantitative estimate of drug-likeness (QED) is 0.134. The number of nitro benzene ring substituents is 1. The highest BCUT2D eigenvalue weighted by Crippen LogP contribution is 2.35. The van der Waals surface area contributed by atoms with Crippen LogP contribution in [0.2, 0.25) is 6.04 Å². The first-order valence-electron chi connectivity index (χ1n) is 11.7. The number of rotatable bonds is 18. The van der Waals surface area contributed by atoms with E-state index in [1.807, 2.05) is 27.7 Å². The van der Waals surface area contributed by atoms with Crippen molar-refractivity contribution in [3.05, 3.63) is 27.8 Å². The van der Waals surface area contributed by atoms with Crippen LogP contribution in [0.25, 0.3) is 0 Å². The van der Waals surface area contributed by atoms with E-state index < -0.39 is 19.8 Å². The molecule has 0 aliphatic heterocycles. The summed E-state index contributed by atoms with van der Waals surface area (Å²) in [6, 6.07) is 3.30. The van der Waals surface area contributed by atoms with Gasteiger partial charge >= 0.3 is 14.9 Å². The Hall–Kier alpha value is -2.41. The summed E-state index contributed by atoms with van der Waals surface area (Å²) in [5.74, 6) is 0.617. The molecule has 0 radical (unpaired) electrons. The van der Waals surface area contributed by atoms with Gasteiger partial charge in [0, 0.05) is 32.4 Å². The van der Waals surface area contributed by atoms with E-state index in [1.165, 1.54) is 19.2 Å². The molecule has 194 valence electrons. The number of amides is 1. The topological polar surface area (TPSA) is 128 Å². The number of methoxy groups -OCH3 is 1. The van der Waals surface area contributed by atoms with Gasteiger partial charge in [-0.15, -0.1) is 0 Å². The molecule has 1 amide bonds. The van der Waals surface area contributed by atoms with Crippen LogP contribution in [0.1, 0.15) is 52.5 Å². The van der Waals surface area contributed by atoms with Crippen LogP contribution < -0.4 is 14.8 Å². The lowest BCUT2D eigenvalue weighted by molar-refractivity contribution is -0.385. The average molecular weight is 503 g/mol. The number of hydrogen-bond donors (Lipinski definition) is 1. The zero-order valence-electron chi connectivity index (χ0n) is 20.8. The van der Waals surface area contributed by atoms with Crippen LogP contribution in [0.4, 0.5) is 10.5 Å². The largest absolute Gasteiger partial charge is 0.500 e. The van der Waals surface area contributed by atoms with Gasteiger partial charge in [0.1, 0.15) is 6.61 Å². The predicted octanol–water partition coefficient (Wildman–Crippen LogP) is 4.45. The van der Waals surface area contributed by atoms with Gasteiger partial charge in [0.15, 0.2) is 11.5 Å². The van der Waals surface area contributed by atoms with Gasteiger partial charge in [0.2, 0.25) is 0 Å². The molecular formula is C22H38N2O9Si. The zero-order chi connectivity index (χ0) is 25.4. The fourth-order valence-corrected chi connectivity index (χ4v) is 5.78. The molecule has 1 aromatic rings. The van der Waals surface area contributed by atoms with E-state index in [1.54, 1.807) is 0 Å². The zero-order valence-corrected chi connectivity index (χ0v) is 21.8.